The molecule has 3 heterocycles. The van der Waals surface area contributed by atoms with Crippen molar-refractivity contribution in [3.8, 4) is 28.4 Å². The van der Waals surface area contributed by atoms with Crippen molar-refractivity contribution in [1.82, 2.24) is 9.55 Å². The minimum Gasteiger partial charge on any atom is -0.457 e. The number of fused-ring (bicyclic) bond motifs is 4. The summed E-state index contributed by atoms with van der Waals surface area (Å²) in [5, 5.41) is 2.34. The lowest BCUT2D eigenvalue weighted by Gasteiger charge is -2.29. The lowest BCUT2D eigenvalue weighted by atomic mass is 9.80. The van der Waals surface area contributed by atoms with Crippen LogP contribution in [0.3, 0.4) is 0 Å². The Morgan fingerprint density at radius 3 is 1.68 bits per heavy atom. The van der Waals surface area contributed by atoms with Crippen molar-refractivity contribution in [2.45, 2.75) is 105 Å². The summed E-state index contributed by atoms with van der Waals surface area (Å²) in [7, 11) is 0. The summed E-state index contributed by atoms with van der Waals surface area (Å²) < 4.78 is 9.10. The Kier molecular flexibility index (Phi) is 10.1. The van der Waals surface area contributed by atoms with E-state index in [0.29, 0.717) is 6.67 Å². The number of pyridine rings is 1. The number of para-hydroxylation sites is 3. The molecule has 1 aliphatic heterocycles. The van der Waals surface area contributed by atoms with Crippen molar-refractivity contribution >= 4 is 44.6 Å². The minimum atomic E-state index is -0.0948. The van der Waals surface area contributed by atoms with E-state index in [1.807, 2.05) is 0 Å². The smallest absolute Gasteiger partial charge is 0.138 e. The Morgan fingerprint density at radius 2 is 1.05 bits per heavy atom. The number of hydrogen-bond acceptors (Lipinski definition) is 4. The highest BCUT2D eigenvalue weighted by molar-refractivity contribution is 6.09. The van der Waals surface area contributed by atoms with E-state index in [4.69, 9.17) is 9.72 Å². The van der Waals surface area contributed by atoms with Gasteiger partial charge in [0.05, 0.1) is 22.4 Å². The Morgan fingerprint density at radius 1 is 0.460 bits per heavy atom. The SMILES string of the molecule is CC(C)(C)c1ccc(-c2cc(-n3c4ccccc4c4ccc(Oc5cccc(N6CN(c7cc(C(C)(C)C)cc(C(C)(C)C)c7)c7ccccc76)c5)cc43)ncc2C(C)(C)C)cc1. The number of rotatable bonds is 6. The van der Waals surface area contributed by atoms with E-state index < -0.39 is 0 Å². The van der Waals surface area contributed by atoms with Crippen molar-refractivity contribution < 1.29 is 4.74 Å². The van der Waals surface area contributed by atoms with Gasteiger partial charge in [-0.15, -0.1) is 0 Å². The molecule has 0 unspecified atom stereocenters. The van der Waals surface area contributed by atoms with Gasteiger partial charge in [0.1, 0.15) is 24.0 Å². The van der Waals surface area contributed by atoms with Gasteiger partial charge in [-0.05, 0) is 116 Å². The van der Waals surface area contributed by atoms with Crippen molar-refractivity contribution in [2.24, 2.45) is 0 Å². The second-order valence-corrected chi connectivity index (χ2v) is 21.6. The molecule has 8 aromatic rings. The van der Waals surface area contributed by atoms with E-state index in [9.17, 15) is 0 Å². The molecule has 0 atom stereocenters. The Hall–Kier alpha value is -6.33. The summed E-state index contributed by atoms with van der Waals surface area (Å²) >= 11 is 0. The highest BCUT2D eigenvalue weighted by Gasteiger charge is 2.31. The van der Waals surface area contributed by atoms with Crippen LogP contribution in [-0.4, -0.2) is 16.2 Å². The van der Waals surface area contributed by atoms with Gasteiger partial charge in [0.25, 0.3) is 0 Å². The molecule has 0 saturated carbocycles. The molecule has 5 heteroatoms. The van der Waals surface area contributed by atoms with Crippen LogP contribution >= 0.6 is 0 Å². The number of aromatic nitrogens is 2. The summed E-state index contributed by atoms with van der Waals surface area (Å²) in [5.41, 5.74) is 14.5. The van der Waals surface area contributed by atoms with Gasteiger partial charge in [-0.2, -0.15) is 0 Å². The fourth-order valence-corrected chi connectivity index (χ4v) is 8.95. The monoisotopic (exact) mass is 830 g/mol. The van der Waals surface area contributed by atoms with E-state index in [1.165, 1.54) is 55.8 Å². The van der Waals surface area contributed by atoms with E-state index in [0.717, 1.165) is 39.4 Å². The normalized spacial score (nSPS) is 13.6. The average molecular weight is 831 g/mol. The zero-order chi connectivity index (χ0) is 44.6. The fraction of sp³-hybridized carbons (Fsp3) is 0.293. The van der Waals surface area contributed by atoms with Gasteiger partial charge in [0, 0.05) is 40.5 Å². The number of benzene rings is 6. The topological polar surface area (TPSA) is 33.5 Å². The zero-order valence-electron chi connectivity index (χ0n) is 39.3. The molecule has 5 nitrogen and oxygen atoms in total. The third-order valence-electron chi connectivity index (χ3n) is 12.7. The maximum Gasteiger partial charge on any atom is 0.138 e. The van der Waals surface area contributed by atoms with Crippen LogP contribution in [0, 0.1) is 0 Å². The van der Waals surface area contributed by atoms with Crippen molar-refractivity contribution in [2.75, 3.05) is 16.5 Å². The molecular formula is C58H62N4O. The highest BCUT2D eigenvalue weighted by atomic mass is 16.5. The number of nitrogens with zero attached hydrogens (tertiary/aromatic N) is 4. The van der Waals surface area contributed by atoms with Gasteiger partial charge >= 0.3 is 0 Å². The molecule has 0 saturated heterocycles. The molecule has 0 spiro atoms. The Bertz CT molecular complexity index is 2970. The van der Waals surface area contributed by atoms with Gasteiger partial charge in [0.15, 0.2) is 0 Å². The molecule has 2 aromatic heterocycles. The van der Waals surface area contributed by atoms with Crippen molar-refractivity contribution in [3.63, 3.8) is 0 Å². The van der Waals surface area contributed by atoms with Gasteiger partial charge < -0.3 is 14.5 Å². The standard InChI is InChI=1S/C58H62N4O/c1-55(2,3)39-26-24-38(25-27-39)48-35-54(59-36-49(48)58(10,11)12)62-50-21-14-13-20-46(50)47-29-28-45(34-53(47)62)63-44-19-17-18-42(33-44)60-37-61(52-23-16-15-22-51(52)60)43-31-40(56(4,5)6)30-41(32-43)57(7,8)9/h13-36H,37H2,1-12H3. The van der Waals surface area contributed by atoms with E-state index in [-0.39, 0.29) is 21.7 Å². The van der Waals surface area contributed by atoms with Crippen LogP contribution in [0.1, 0.15) is 105 Å². The summed E-state index contributed by atoms with van der Waals surface area (Å²) in [6.07, 6.45) is 2.08. The minimum absolute atomic E-state index is 0.0211. The fourth-order valence-electron chi connectivity index (χ4n) is 8.95. The van der Waals surface area contributed by atoms with E-state index >= 15 is 0 Å². The molecule has 9 rings (SSSR count). The first-order valence-electron chi connectivity index (χ1n) is 22.5. The molecule has 0 amide bonds. The summed E-state index contributed by atoms with van der Waals surface area (Å²) in [4.78, 5) is 10.0. The molecule has 0 radical (unpaired) electrons. The molecular weight excluding hydrogens is 769 g/mol. The molecule has 0 N–H and O–H groups in total. The lowest BCUT2D eigenvalue weighted by Crippen LogP contribution is -2.25. The van der Waals surface area contributed by atoms with Crippen molar-refractivity contribution in [3.05, 3.63) is 168 Å². The second-order valence-electron chi connectivity index (χ2n) is 21.6. The average Bonchev–Trinajstić information content (AvgIpc) is 3.78. The Balaban J connectivity index is 1.08. The van der Waals surface area contributed by atoms with Crippen LogP contribution in [0.25, 0.3) is 38.8 Å². The largest absolute Gasteiger partial charge is 0.457 e. The van der Waals surface area contributed by atoms with Gasteiger partial charge in [-0.1, -0.05) is 150 Å². The van der Waals surface area contributed by atoms with Gasteiger partial charge in [0.2, 0.25) is 0 Å². The molecule has 63 heavy (non-hydrogen) atoms. The first kappa shape index (κ1) is 42.0. The highest BCUT2D eigenvalue weighted by Crippen LogP contribution is 2.47. The Labute approximate surface area is 375 Å². The van der Waals surface area contributed by atoms with E-state index in [1.54, 1.807) is 0 Å². The molecule has 0 aliphatic carbocycles. The maximum absolute atomic E-state index is 6.80. The van der Waals surface area contributed by atoms with E-state index in [2.05, 4.69) is 243 Å². The molecule has 0 fully saturated rings. The van der Waals surface area contributed by atoms with Crippen LogP contribution in [0.2, 0.25) is 0 Å². The van der Waals surface area contributed by atoms with Crippen LogP contribution in [0.15, 0.2) is 146 Å². The molecule has 1 aliphatic rings. The second kappa shape index (κ2) is 15.2. The third-order valence-corrected chi connectivity index (χ3v) is 12.7. The lowest BCUT2D eigenvalue weighted by molar-refractivity contribution is 0.483. The summed E-state index contributed by atoms with van der Waals surface area (Å²) in [5.74, 6) is 2.43. The predicted molar refractivity (Wildman–Crippen MR) is 267 cm³/mol. The summed E-state index contributed by atoms with van der Waals surface area (Å²) in [6.45, 7) is 28.1. The van der Waals surface area contributed by atoms with Gasteiger partial charge in [-0.25, -0.2) is 4.98 Å². The first-order valence-corrected chi connectivity index (χ1v) is 22.5. The van der Waals surface area contributed by atoms with Crippen LogP contribution in [0.4, 0.5) is 22.7 Å². The number of anilines is 4. The quantitative estimate of drug-likeness (QED) is 0.167. The number of hydrogen-bond donors (Lipinski definition) is 0. The van der Waals surface area contributed by atoms with Crippen molar-refractivity contribution in [1.29, 1.82) is 0 Å². The van der Waals surface area contributed by atoms with Gasteiger partial charge in [-0.3, -0.25) is 4.57 Å². The first-order chi connectivity index (χ1) is 29.7. The molecule has 6 aromatic carbocycles. The zero-order valence-corrected chi connectivity index (χ0v) is 39.3. The number of ether oxygens (including phenoxy) is 1. The molecule has 320 valence electrons. The van der Waals surface area contributed by atoms with Crippen LogP contribution in [0.5, 0.6) is 11.5 Å². The summed E-state index contributed by atoms with van der Waals surface area (Å²) in [6, 6.07) is 50.8. The third kappa shape index (κ3) is 7.99. The molecule has 0 bridgehead atoms. The van der Waals surface area contributed by atoms with Crippen LogP contribution in [-0.2, 0) is 21.7 Å². The maximum atomic E-state index is 6.80. The predicted octanol–water partition coefficient (Wildman–Crippen LogP) is 16.1. The van der Waals surface area contributed by atoms with Crippen LogP contribution < -0.4 is 14.5 Å².